The summed E-state index contributed by atoms with van der Waals surface area (Å²) in [7, 11) is 0. The van der Waals surface area contributed by atoms with E-state index in [0.29, 0.717) is 5.92 Å². The molecule has 0 aliphatic heterocycles. The zero-order valence-corrected chi connectivity index (χ0v) is 9.13. The Morgan fingerprint density at radius 2 is 2.40 bits per heavy atom. The summed E-state index contributed by atoms with van der Waals surface area (Å²) in [6.45, 7) is 3.98. The van der Waals surface area contributed by atoms with Gasteiger partial charge >= 0.3 is 0 Å². The molecule has 84 valence electrons. The van der Waals surface area contributed by atoms with E-state index in [2.05, 4.69) is 21.8 Å². The van der Waals surface area contributed by atoms with E-state index in [1.54, 1.807) is 6.20 Å². The van der Waals surface area contributed by atoms with Crippen molar-refractivity contribution in [3.05, 3.63) is 18.7 Å². The van der Waals surface area contributed by atoms with Crippen molar-refractivity contribution in [1.82, 2.24) is 14.9 Å². The summed E-state index contributed by atoms with van der Waals surface area (Å²) in [4.78, 5) is 4.02. The van der Waals surface area contributed by atoms with Crippen molar-refractivity contribution in [2.24, 2.45) is 5.92 Å². The van der Waals surface area contributed by atoms with Crippen molar-refractivity contribution in [1.29, 1.82) is 0 Å². The van der Waals surface area contributed by atoms with Gasteiger partial charge in [0.2, 0.25) is 0 Å². The molecular formula is C11H19N3O. The third-order valence-electron chi connectivity index (χ3n) is 3.12. The largest absolute Gasteiger partial charge is 0.391 e. The Labute approximate surface area is 90.3 Å². The highest BCUT2D eigenvalue weighted by molar-refractivity contribution is 4.89. The van der Waals surface area contributed by atoms with Gasteiger partial charge in [0.05, 0.1) is 12.4 Å². The summed E-state index contributed by atoms with van der Waals surface area (Å²) >= 11 is 0. The molecule has 0 bridgehead atoms. The smallest absolute Gasteiger partial charge is 0.0945 e. The van der Waals surface area contributed by atoms with Crippen LogP contribution >= 0.6 is 0 Å². The van der Waals surface area contributed by atoms with Crippen LogP contribution < -0.4 is 5.32 Å². The van der Waals surface area contributed by atoms with Crippen LogP contribution in [0.4, 0.5) is 0 Å². The van der Waals surface area contributed by atoms with Gasteiger partial charge in [-0.1, -0.05) is 6.92 Å². The molecule has 1 aliphatic carbocycles. The van der Waals surface area contributed by atoms with Crippen molar-refractivity contribution >= 4 is 0 Å². The third kappa shape index (κ3) is 2.58. The molecule has 1 aromatic heterocycles. The Morgan fingerprint density at radius 1 is 1.53 bits per heavy atom. The molecule has 1 aliphatic rings. The molecule has 1 aromatic rings. The number of aliphatic hydroxyl groups excluding tert-OH is 1. The molecule has 0 aromatic carbocycles. The molecule has 2 N–H and O–H groups in total. The Bertz CT molecular complexity index is 286. The lowest BCUT2D eigenvalue weighted by atomic mass is 10.1. The maximum Gasteiger partial charge on any atom is 0.0945 e. The van der Waals surface area contributed by atoms with E-state index >= 15 is 0 Å². The summed E-state index contributed by atoms with van der Waals surface area (Å²) in [5, 5.41) is 13.2. The van der Waals surface area contributed by atoms with E-state index in [4.69, 9.17) is 0 Å². The van der Waals surface area contributed by atoms with E-state index in [1.165, 1.54) is 0 Å². The van der Waals surface area contributed by atoms with Crippen LogP contribution in [0.2, 0.25) is 0 Å². The summed E-state index contributed by atoms with van der Waals surface area (Å²) < 4.78 is 2.09. The molecule has 3 atom stereocenters. The number of nitrogens with one attached hydrogen (secondary N) is 1. The number of hydrogen-bond acceptors (Lipinski definition) is 3. The Hall–Kier alpha value is -0.870. The summed E-state index contributed by atoms with van der Waals surface area (Å²) in [6, 6.07) is 0.281. The van der Waals surface area contributed by atoms with Gasteiger partial charge in [-0.05, 0) is 25.3 Å². The molecule has 1 heterocycles. The second kappa shape index (κ2) is 4.77. The average Bonchev–Trinajstić information content (AvgIpc) is 2.79. The van der Waals surface area contributed by atoms with Gasteiger partial charge in [0.1, 0.15) is 0 Å². The number of rotatable bonds is 4. The van der Waals surface area contributed by atoms with Crippen LogP contribution in [0.5, 0.6) is 0 Å². The number of aliphatic hydroxyl groups is 1. The lowest BCUT2D eigenvalue weighted by Crippen LogP contribution is -2.35. The fraction of sp³-hybridized carbons (Fsp3) is 0.727. The van der Waals surface area contributed by atoms with Gasteiger partial charge in [-0.2, -0.15) is 0 Å². The summed E-state index contributed by atoms with van der Waals surface area (Å²) in [5.74, 6) is 0.568. The molecule has 3 unspecified atom stereocenters. The van der Waals surface area contributed by atoms with Gasteiger partial charge in [-0.15, -0.1) is 0 Å². The first-order valence-electron chi connectivity index (χ1n) is 5.66. The van der Waals surface area contributed by atoms with Crippen molar-refractivity contribution in [3.8, 4) is 0 Å². The second-order valence-electron chi connectivity index (χ2n) is 4.33. The maximum atomic E-state index is 9.83. The third-order valence-corrected chi connectivity index (χ3v) is 3.12. The lowest BCUT2D eigenvalue weighted by Gasteiger charge is -2.14. The van der Waals surface area contributed by atoms with E-state index in [0.717, 1.165) is 25.9 Å². The van der Waals surface area contributed by atoms with Crippen LogP contribution in [0, 0.1) is 5.92 Å². The highest BCUT2D eigenvalue weighted by Crippen LogP contribution is 2.27. The van der Waals surface area contributed by atoms with Crippen molar-refractivity contribution < 1.29 is 5.11 Å². The quantitative estimate of drug-likeness (QED) is 0.765. The number of nitrogens with zero attached hydrogens (tertiary/aromatic N) is 2. The van der Waals surface area contributed by atoms with Crippen LogP contribution in [-0.2, 0) is 6.54 Å². The standard InChI is InChI=1S/C11H19N3O/c1-2-13-10-5-9(6-11(10)15)7-14-4-3-12-8-14/h3-4,8-11,13,15H,2,5-7H2,1H3. The molecule has 0 spiro atoms. The molecule has 1 fully saturated rings. The van der Waals surface area contributed by atoms with Gasteiger partial charge in [0.15, 0.2) is 0 Å². The highest BCUT2D eigenvalue weighted by atomic mass is 16.3. The zero-order chi connectivity index (χ0) is 10.7. The van der Waals surface area contributed by atoms with Crippen molar-refractivity contribution in [2.75, 3.05) is 6.54 Å². The molecule has 4 heteroatoms. The number of likely N-dealkylation sites (N-methyl/N-ethyl adjacent to an activating group) is 1. The Morgan fingerprint density at radius 3 is 3.07 bits per heavy atom. The zero-order valence-electron chi connectivity index (χ0n) is 9.13. The molecule has 0 amide bonds. The van der Waals surface area contributed by atoms with Crippen molar-refractivity contribution in [3.63, 3.8) is 0 Å². The maximum absolute atomic E-state index is 9.83. The Balaban J connectivity index is 1.86. The molecular weight excluding hydrogens is 190 g/mol. The van der Waals surface area contributed by atoms with E-state index in [-0.39, 0.29) is 12.1 Å². The molecule has 1 saturated carbocycles. The normalized spacial score (nSPS) is 30.9. The number of aromatic nitrogens is 2. The topological polar surface area (TPSA) is 50.1 Å². The fourth-order valence-electron chi connectivity index (χ4n) is 2.44. The molecule has 2 rings (SSSR count). The number of hydrogen-bond donors (Lipinski definition) is 2. The van der Waals surface area contributed by atoms with Crippen molar-refractivity contribution in [2.45, 2.75) is 38.5 Å². The minimum atomic E-state index is -0.182. The summed E-state index contributed by atoms with van der Waals surface area (Å²) in [6.07, 6.45) is 7.40. The number of imidazole rings is 1. The van der Waals surface area contributed by atoms with Crippen LogP contribution in [0.1, 0.15) is 19.8 Å². The molecule has 0 radical (unpaired) electrons. The SMILES string of the molecule is CCNC1CC(Cn2ccnc2)CC1O. The van der Waals surface area contributed by atoms with E-state index < -0.39 is 0 Å². The van der Waals surface area contributed by atoms with E-state index in [1.807, 2.05) is 12.5 Å². The Kier molecular flexibility index (Phi) is 3.38. The van der Waals surface area contributed by atoms with Gasteiger partial charge in [0.25, 0.3) is 0 Å². The first kappa shape index (κ1) is 10.6. The first-order chi connectivity index (χ1) is 7.29. The van der Waals surface area contributed by atoms with Crippen LogP contribution in [-0.4, -0.2) is 33.3 Å². The van der Waals surface area contributed by atoms with Gasteiger partial charge in [0, 0.05) is 25.0 Å². The van der Waals surface area contributed by atoms with Gasteiger partial charge in [-0.3, -0.25) is 0 Å². The van der Waals surface area contributed by atoms with Crippen LogP contribution in [0.15, 0.2) is 18.7 Å². The highest BCUT2D eigenvalue weighted by Gasteiger charge is 2.32. The molecule has 4 nitrogen and oxygen atoms in total. The minimum absolute atomic E-state index is 0.182. The second-order valence-corrected chi connectivity index (χ2v) is 4.33. The monoisotopic (exact) mass is 209 g/mol. The summed E-state index contributed by atoms with van der Waals surface area (Å²) in [5.41, 5.74) is 0. The van der Waals surface area contributed by atoms with Crippen LogP contribution in [0.3, 0.4) is 0 Å². The lowest BCUT2D eigenvalue weighted by molar-refractivity contribution is 0.147. The molecule has 0 saturated heterocycles. The van der Waals surface area contributed by atoms with Gasteiger partial charge in [-0.25, -0.2) is 4.98 Å². The van der Waals surface area contributed by atoms with Gasteiger partial charge < -0.3 is 15.0 Å². The fourth-order valence-corrected chi connectivity index (χ4v) is 2.44. The predicted molar refractivity (Wildman–Crippen MR) is 58.4 cm³/mol. The average molecular weight is 209 g/mol. The van der Waals surface area contributed by atoms with E-state index in [9.17, 15) is 5.11 Å². The first-order valence-corrected chi connectivity index (χ1v) is 5.66. The predicted octanol–water partition coefficient (Wildman–Crippen LogP) is 0.632. The molecule has 15 heavy (non-hydrogen) atoms. The minimum Gasteiger partial charge on any atom is -0.391 e. The van der Waals surface area contributed by atoms with Crippen LogP contribution in [0.25, 0.3) is 0 Å².